The summed E-state index contributed by atoms with van der Waals surface area (Å²) in [7, 11) is 0. The quantitative estimate of drug-likeness (QED) is 0.330. The number of hydrogen-bond acceptors (Lipinski definition) is 5. The molecule has 2 unspecified atom stereocenters. The second kappa shape index (κ2) is 5.15. The van der Waals surface area contributed by atoms with Gasteiger partial charge in [-0.05, 0) is 12.8 Å². The maximum Gasteiger partial charge on any atom is 0.328 e. The Labute approximate surface area is 102 Å². The van der Waals surface area contributed by atoms with Gasteiger partial charge < -0.3 is 4.74 Å². The van der Waals surface area contributed by atoms with Gasteiger partial charge in [0.2, 0.25) is 0 Å². The number of carbonyl (C=O) groups excluding carboxylic acids is 1. The van der Waals surface area contributed by atoms with Gasteiger partial charge in [-0.15, -0.1) is 0 Å². The highest BCUT2D eigenvalue weighted by atomic mass is 16.5. The number of rotatable bonds is 3. The maximum absolute atomic E-state index is 11.5. The molecule has 18 heavy (non-hydrogen) atoms. The molecule has 0 bridgehead atoms. The van der Waals surface area contributed by atoms with Gasteiger partial charge in [-0.1, -0.05) is 0 Å². The highest BCUT2D eigenvalue weighted by Gasteiger charge is 2.30. The number of hydrazine groups is 1. The van der Waals surface area contributed by atoms with Gasteiger partial charge in [0.05, 0.1) is 12.6 Å². The van der Waals surface area contributed by atoms with Crippen molar-refractivity contribution in [2.24, 2.45) is 5.84 Å². The van der Waals surface area contributed by atoms with Gasteiger partial charge in [0.25, 0.3) is 11.5 Å². The van der Waals surface area contributed by atoms with E-state index < -0.39 is 17.4 Å². The molecule has 1 fully saturated rings. The Morgan fingerprint density at radius 3 is 3.00 bits per heavy atom. The lowest BCUT2D eigenvalue weighted by Gasteiger charge is -2.13. The van der Waals surface area contributed by atoms with Gasteiger partial charge in [0, 0.05) is 12.3 Å². The van der Waals surface area contributed by atoms with Crippen LogP contribution in [0, 0.1) is 0 Å². The highest BCUT2D eigenvalue weighted by molar-refractivity contribution is 5.80. The molecule has 1 aliphatic rings. The van der Waals surface area contributed by atoms with Gasteiger partial charge in [0.15, 0.2) is 0 Å². The first kappa shape index (κ1) is 12.5. The van der Waals surface area contributed by atoms with Crippen molar-refractivity contribution in [1.82, 2.24) is 15.0 Å². The molecule has 2 atom stereocenters. The molecular formula is C10H14N4O4. The van der Waals surface area contributed by atoms with Crippen molar-refractivity contribution >= 4 is 5.91 Å². The molecule has 1 aromatic heterocycles. The molecule has 1 saturated heterocycles. The molecule has 4 N–H and O–H groups in total. The Hall–Kier alpha value is -1.93. The zero-order valence-corrected chi connectivity index (χ0v) is 9.59. The monoisotopic (exact) mass is 254 g/mol. The fraction of sp³-hybridized carbons (Fsp3) is 0.500. The third kappa shape index (κ3) is 2.66. The van der Waals surface area contributed by atoms with Crippen LogP contribution in [-0.2, 0) is 16.1 Å². The van der Waals surface area contributed by atoms with Crippen LogP contribution in [-0.4, -0.2) is 27.7 Å². The van der Waals surface area contributed by atoms with Crippen LogP contribution in [0.5, 0.6) is 0 Å². The number of ether oxygens (including phenoxy) is 1. The summed E-state index contributed by atoms with van der Waals surface area (Å²) in [6, 6.07) is 1.26. The first-order chi connectivity index (χ1) is 8.60. The third-order valence-corrected chi connectivity index (χ3v) is 2.84. The van der Waals surface area contributed by atoms with Crippen molar-refractivity contribution in [3.63, 3.8) is 0 Å². The molecule has 0 saturated carbocycles. The van der Waals surface area contributed by atoms with Crippen LogP contribution in [0.4, 0.5) is 0 Å². The number of aromatic amines is 1. The molecule has 0 spiro atoms. The normalized spacial score (nSPS) is 22.9. The Morgan fingerprint density at radius 1 is 1.56 bits per heavy atom. The molecule has 0 aliphatic carbocycles. The lowest BCUT2D eigenvalue weighted by Crippen LogP contribution is -2.39. The van der Waals surface area contributed by atoms with E-state index in [1.807, 2.05) is 5.43 Å². The molecule has 2 rings (SSSR count). The second-order valence-corrected chi connectivity index (χ2v) is 4.10. The molecule has 0 aromatic carbocycles. The minimum Gasteiger partial charge on any atom is -0.363 e. The lowest BCUT2D eigenvalue weighted by molar-refractivity contribution is -0.132. The SMILES string of the molecule is NNC(=O)C1CCC(Cn2ccc(=O)[nH]c2=O)O1. The minimum absolute atomic E-state index is 0.240. The zero-order chi connectivity index (χ0) is 13.1. The van der Waals surface area contributed by atoms with Crippen molar-refractivity contribution in [1.29, 1.82) is 0 Å². The van der Waals surface area contributed by atoms with Crippen LogP contribution in [0.15, 0.2) is 21.9 Å². The summed E-state index contributed by atoms with van der Waals surface area (Å²) in [5.41, 5.74) is 1.10. The molecule has 0 radical (unpaired) electrons. The molecule has 2 heterocycles. The summed E-state index contributed by atoms with van der Waals surface area (Å²) in [5.74, 6) is 4.65. The van der Waals surface area contributed by atoms with E-state index >= 15 is 0 Å². The smallest absolute Gasteiger partial charge is 0.328 e. The average Bonchev–Trinajstić information content (AvgIpc) is 2.80. The summed E-state index contributed by atoms with van der Waals surface area (Å²) in [4.78, 5) is 35.7. The molecule has 1 aromatic rings. The topological polar surface area (TPSA) is 119 Å². The van der Waals surface area contributed by atoms with Crippen molar-refractivity contribution in [3.8, 4) is 0 Å². The molecule has 1 aliphatic heterocycles. The van der Waals surface area contributed by atoms with Gasteiger partial charge in [-0.2, -0.15) is 0 Å². The van der Waals surface area contributed by atoms with Crippen LogP contribution >= 0.6 is 0 Å². The second-order valence-electron chi connectivity index (χ2n) is 4.10. The number of amides is 1. The molecule has 1 amide bonds. The van der Waals surface area contributed by atoms with E-state index in [1.165, 1.54) is 16.8 Å². The predicted octanol–water partition coefficient (Wildman–Crippen LogP) is -1.93. The maximum atomic E-state index is 11.5. The number of nitrogens with two attached hydrogens (primary N) is 1. The Kier molecular flexibility index (Phi) is 3.58. The van der Waals surface area contributed by atoms with Crippen LogP contribution in [0.2, 0.25) is 0 Å². The summed E-state index contributed by atoms with van der Waals surface area (Å²) in [6.07, 6.45) is 1.81. The van der Waals surface area contributed by atoms with Gasteiger partial charge in [-0.3, -0.25) is 24.6 Å². The summed E-state index contributed by atoms with van der Waals surface area (Å²) < 4.78 is 6.80. The van der Waals surface area contributed by atoms with E-state index in [1.54, 1.807) is 0 Å². The number of carbonyl (C=O) groups is 1. The number of H-pyrrole nitrogens is 1. The number of aromatic nitrogens is 2. The fourth-order valence-corrected chi connectivity index (χ4v) is 1.93. The predicted molar refractivity (Wildman–Crippen MR) is 61.5 cm³/mol. The largest absolute Gasteiger partial charge is 0.363 e. The van der Waals surface area contributed by atoms with Gasteiger partial charge >= 0.3 is 5.69 Å². The number of hydrogen-bond donors (Lipinski definition) is 3. The van der Waals surface area contributed by atoms with E-state index in [0.29, 0.717) is 19.4 Å². The Morgan fingerprint density at radius 2 is 2.33 bits per heavy atom. The fourth-order valence-electron chi connectivity index (χ4n) is 1.93. The minimum atomic E-state index is -0.571. The van der Waals surface area contributed by atoms with Crippen molar-refractivity contribution < 1.29 is 9.53 Å². The third-order valence-electron chi connectivity index (χ3n) is 2.84. The Bertz CT molecular complexity index is 549. The van der Waals surface area contributed by atoms with Crippen molar-refractivity contribution in [2.45, 2.75) is 31.6 Å². The molecule has 98 valence electrons. The Balaban J connectivity index is 2.01. The standard InChI is InChI=1S/C10H14N4O4/c11-13-9(16)7-2-1-6(18-7)5-14-4-3-8(15)12-10(14)17/h3-4,6-7H,1-2,5,11H2,(H,13,16)(H,12,15,17). The van der Waals surface area contributed by atoms with E-state index in [0.717, 1.165) is 0 Å². The van der Waals surface area contributed by atoms with Crippen LogP contribution in [0.3, 0.4) is 0 Å². The number of nitrogens with one attached hydrogen (secondary N) is 2. The van der Waals surface area contributed by atoms with E-state index in [2.05, 4.69) is 4.98 Å². The first-order valence-corrected chi connectivity index (χ1v) is 5.56. The van der Waals surface area contributed by atoms with Crippen LogP contribution in [0.25, 0.3) is 0 Å². The zero-order valence-electron chi connectivity index (χ0n) is 9.59. The van der Waals surface area contributed by atoms with Crippen molar-refractivity contribution in [3.05, 3.63) is 33.1 Å². The molecule has 8 nitrogen and oxygen atoms in total. The average molecular weight is 254 g/mol. The highest BCUT2D eigenvalue weighted by Crippen LogP contribution is 2.20. The first-order valence-electron chi connectivity index (χ1n) is 5.56. The summed E-state index contributed by atoms with van der Waals surface area (Å²) in [6.45, 7) is 0.296. The van der Waals surface area contributed by atoms with Gasteiger partial charge in [-0.25, -0.2) is 10.6 Å². The van der Waals surface area contributed by atoms with Gasteiger partial charge in [0.1, 0.15) is 6.10 Å². The number of nitrogens with zero attached hydrogens (tertiary/aromatic N) is 1. The lowest BCUT2D eigenvalue weighted by atomic mass is 10.2. The van der Waals surface area contributed by atoms with Crippen LogP contribution < -0.4 is 22.5 Å². The van der Waals surface area contributed by atoms with E-state index in [9.17, 15) is 14.4 Å². The van der Waals surface area contributed by atoms with E-state index in [4.69, 9.17) is 10.6 Å². The summed E-state index contributed by atoms with van der Waals surface area (Å²) >= 11 is 0. The summed E-state index contributed by atoms with van der Waals surface area (Å²) in [5, 5.41) is 0. The van der Waals surface area contributed by atoms with Crippen molar-refractivity contribution in [2.75, 3.05) is 0 Å². The molecular weight excluding hydrogens is 240 g/mol. The van der Waals surface area contributed by atoms with E-state index in [-0.39, 0.29) is 12.0 Å². The van der Waals surface area contributed by atoms with Crippen LogP contribution in [0.1, 0.15) is 12.8 Å². The molecule has 8 heteroatoms.